The van der Waals surface area contributed by atoms with Crippen molar-refractivity contribution in [2.24, 2.45) is 7.05 Å². The van der Waals surface area contributed by atoms with Gasteiger partial charge >= 0.3 is 0 Å². The van der Waals surface area contributed by atoms with Crippen molar-refractivity contribution >= 4 is 11.6 Å². The Kier molecular flexibility index (Phi) is 2.61. The number of aromatic nitrogens is 2. The molecule has 0 spiro atoms. The van der Waals surface area contributed by atoms with E-state index in [1.807, 2.05) is 36.0 Å². The van der Waals surface area contributed by atoms with Gasteiger partial charge in [-0.15, -0.1) is 0 Å². The fraction of sp³-hybridized carbons (Fsp3) is 0.438. The lowest BCUT2D eigenvalue weighted by Crippen LogP contribution is -2.21. The van der Waals surface area contributed by atoms with E-state index in [9.17, 15) is 4.79 Å². The molecule has 0 amide bonds. The minimum atomic E-state index is 0.130. The van der Waals surface area contributed by atoms with Crippen LogP contribution in [0.4, 0.5) is 0 Å². The van der Waals surface area contributed by atoms with Gasteiger partial charge in [-0.25, -0.2) is 4.68 Å². The third-order valence-corrected chi connectivity index (χ3v) is 4.70. The van der Waals surface area contributed by atoms with Gasteiger partial charge in [-0.3, -0.25) is 9.48 Å². The molecule has 0 radical (unpaired) electrons. The van der Waals surface area contributed by atoms with Crippen LogP contribution in [-0.2, 0) is 7.05 Å². The van der Waals surface area contributed by atoms with Crippen molar-refractivity contribution in [3.05, 3.63) is 50.9 Å². The molecule has 0 unspecified atom stereocenters. The van der Waals surface area contributed by atoms with Crippen LogP contribution in [0.15, 0.2) is 29.1 Å². The summed E-state index contributed by atoms with van der Waals surface area (Å²) in [6.45, 7) is 0. The minimum absolute atomic E-state index is 0.130. The molecule has 1 heterocycles. The van der Waals surface area contributed by atoms with Crippen molar-refractivity contribution in [1.29, 1.82) is 0 Å². The van der Waals surface area contributed by atoms with Gasteiger partial charge < -0.3 is 0 Å². The Bertz CT molecular complexity index is 735. The monoisotopic (exact) mass is 288 g/mol. The van der Waals surface area contributed by atoms with E-state index in [1.165, 1.54) is 18.5 Å². The molecule has 104 valence electrons. The second kappa shape index (κ2) is 4.26. The Morgan fingerprint density at radius 3 is 2.35 bits per heavy atom. The summed E-state index contributed by atoms with van der Waals surface area (Å²) in [6.07, 6.45) is 4.72. The SMILES string of the molecule is Cn1c(C2CC2)c(C2CC2)c(=O)n1-c1ccccc1Cl. The molecule has 2 aliphatic rings. The van der Waals surface area contributed by atoms with Gasteiger partial charge in [0.2, 0.25) is 0 Å². The smallest absolute Gasteiger partial charge is 0.275 e. The number of nitrogens with zero attached hydrogens (tertiary/aromatic N) is 2. The highest BCUT2D eigenvalue weighted by atomic mass is 35.5. The molecule has 2 saturated carbocycles. The molecule has 2 fully saturated rings. The topological polar surface area (TPSA) is 26.9 Å². The van der Waals surface area contributed by atoms with E-state index in [0.29, 0.717) is 16.9 Å². The zero-order chi connectivity index (χ0) is 13.9. The number of benzene rings is 1. The van der Waals surface area contributed by atoms with Crippen molar-refractivity contribution < 1.29 is 0 Å². The molecule has 0 bridgehead atoms. The summed E-state index contributed by atoms with van der Waals surface area (Å²) >= 11 is 6.28. The molecule has 4 heteroatoms. The lowest BCUT2D eigenvalue weighted by atomic mass is 10.1. The van der Waals surface area contributed by atoms with Gasteiger partial charge in [0.1, 0.15) is 0 Å². The van der Waals surface area contributed by atoms with Gasteiger partial charge in [-0.1, -0.05) is 23.7 Å². The van der Waals surface area contributed by atoms with Crippen LogP contribution in [0.2, 0.25) is 5.02 Å². The van der Waals surface area contributed by atoms with Crippen LogP contribution in [0, 0.1) is 0 Å². The number of para-hydroxylation sites is 1. The highest BCUT2D eigenvalue weighted by Gasteiger charge is 2.39. The molecule has 2 aliphatic carbocycles. The molecule has 3 nitrogen and oxygen atoms in total. The van der Waals surface area contributed by atoms with Gasteiger partial charge in [0.15, 0.2) is 0 Å². The Balaban J connectivity index is 1.99. The molecule has 2 aromatic rings. The van der Waals surface area contributed by atoms with E-state index in [0.717, 1.165) is 24.1 Å². The van der Waals surface area contributed by atoms with Crippen LogP contribution in [0.5, 0.6) is 0 Å². The van der Waals surface area contributed by atoms with Gasteiger partial charge in [-0.05, 0) is 43.7 Å². The summed E-state index contributed by atoms with van der Waals surface area (Å²) in [5, 5.41) is 0.625. The van der Waals surface area contributed by atoms with Gasteiger partial charge in [0.25, 0.3) is 5.56 Å². The summed E-state index contributed by atoms with van der Waals surface area (Å²) in [6, 6.07) is 7.57. The maximum absolute atomic E-state index is 12.9. The van der Waals surface area contributed by atoms with Crippen molar-refractivity contribution in [3.63, 3.8) is 0 Å². The average Bonchev–Trinajstić information content (AvgIpc) is 3.31. The first kappa shape index (κ1) is 12.3. The summed E-state index contributed by atoms with van der Waals surface area (Å²) in [5.41, 5.74) is 3.22. The fourth-order valence-electron chi connectivity index (χ4n) is 3.13. The Morgan fingerprint density at radius 2 is 1.75 bits per heavy atom. The third-order valence-electron chi connectivity index (χ3n) is 4.38. The quantitative estimate of drug-likeness (QED) is 0.848. The first-order valence-corrected chi connectivity index (χ1v) is 7.63. The van der Waals surface area contributed by atoms with Crippen molar-refractivity contribution in [2.45, 2.75) is 37.5 Å². The molecule has 1 aromatic heterocycles. The zero-order valence-electron chi connectivity index (χ0n) is 11.5. The summed E-state index contributed by atoms with van der Waals surface area (Å²) in [7, 11) is 1.99. The van der Waals surface area contributed by atoms with E-state index in [4.69, 9.17) is 11.6 Å². The Hall–Kier alpha value is -1.48. The van der Waals surface area contributed by atoms with E-state index >= 15 is 0 Å². The molecule has 4 rings (SSSR count). The van der Waals surface area contributed by atoms with Crippen molar-refractivity contribution in [2.75, 3.05) is 0 Å². The van der Waals surface area contributed by atoms with E-state index in [1.54, 1.807) is 4.68 Å². The zero-order valence-corrected chi connectivity index (χ0v) is 12.2. The number of hydrogen-bond donors (Lipinski definition) is 0. The predicted octanol–water partition coefficient (Wildman–Crippen LogP) is 3.58. The van der Waals surface area contributed by atoms with Crippen molar-refractivity contribution in [1.82, 2.24) is 9.36 Å². The fourth-order valence-corrected chi connectivity index (χ4v) is 3.35. The normalized spacial score (nSPS) is 18.5. The van der Waals surface area contributed by atoms with Gasteiger partial charge in [0, 0.05) is 24.2 Å². The lowest BCUT2D eigenvalue weighted by Gasteiger charge is -2.11. The van der Waals surface area contributed by atoms with Gasteiger partial charge in [-0.2, -0.15) is 0 Å². The molecule has 20 heavy (non-hydrogen) atoms. The number of rotatable bonds is 3. The Labute approximate surface area is 122 Å². The van der Waals surface area contributed by atoms with Crippen LogP contribution in [0.1, 0.15) is 48.8 Å². The highest BCUT2D eigenvalue weighted by Crippen LogP contribution is 2.48. The summed E-state index contributed by atoms with van der Waals surface area (Å²) in [4.78, 5) is 12.9. The molecule has 0 N–H and O–H groups in total. The summed E-state index contributed by atoms with van der Waals surface area (Å²) < 4.78 is 3.79. The maximum atomic E-state index is 12.9. The standard InChI is InChI=1S/C16H17ClN2O/c1-18-15(11-8-9-11)14(10-6-7-10)16(20)19(18)13-5-3-2-4-12(13)17/h2-5,10-11H,6-9H2,1H3. The summed E-state index contributed by atoms with van der Waals surface area (Å²) in [5.74, 6) is 1.06. The van der Waals surface area contributed by atoms with Crippen LogP contribution in [0.3, 0.4) is 0 Å². The van der Waals surface area contributed by atoms with Crippen LogP contribution >= 0.6 is 11.6 Å². The van der Waals surface area contributed by atoms with E-state index in [-0.39, 0.29) is 5.56 Å². The maximum Gasteiger partial charge on any atom is 0.275 e. The lowest BCUT2D eigenvalue weighted by molar-refractivity contribution is 0.616. The van der Waals surface area contributed by atoms with E-state index in [2.05, 4.69) is 0 Å². The third kappa shape index (κ3) is 1.76. The largest absolute Gasteiger partial charge is 0.284 e. The molecule has 0 aliphatic heterocycles. The molecule has 0 saturated heterocycles. The van der Waals surface area contributed by atoms with Crippen molar-refractivity contribution in [3.8, 4) is 5.69 Å². The average molecular weight is 289 g/mol. The first-order chi connectivity index (χ1) is 9.68. The molecular formula is C16H17ClN2O. The number of halogens is 1. The predicted molar refractivity (Wildman–Crippen MR) is 80.0 cm³/mol. The second-order valence-corrected chi connectivity index (χ2v) is 6.35. The Morgan fingerprint density at radius 1 is 1.10 bits per heavy atom. The minimum Gasteiger partial charge on any atom is -0.284 e. The molecule has 0 atom stereocenters. The molecule has 1 aromatic carbocycles. The van der Waals surface area contributed by atoms with E-state index < -0.39 is 0 Å². The van der Waals surface area contributed by atoms with Crippen LogP contribution in [0.25, 0.3) is 5.69 Å². The second-order valence-electron chi connectivity index (χ2n) is 5.94. The van der Waals surface area contributed by atoms with Crippen LogP contribution < -0.4 is 5.56 Å². The van der Waals surface area contributed by atoms with Gasteiger partial charge in [0.05, 0.1) is 10.7 Å². The highest BCUT2D eigenvalue weighted by molar-refractivity contribution is 6.32. The van der Waals surface area contributed by atoms with Crippen LogP contribution in [-0.4, -0.2) is 9.36 Å². The molecular weight excluding hydrogens is 272 g/mol. The first-order valence-electron chi connectivity index (χ1n) is 7.25. The number of hydrogen-bond acceptors (Lipinski definition) is 1.